The number of sulfonamides is 1. The molecule has 0 radical (unpaired) electrons. The molecule has 274 valence electrons. The van der Waals surface area contributed by atoms with Gasteiger partial charge in [-0.3, -0.25) is 4.90 Å². The topological polar surface area (TPSA) is 102 Å². The van der Waals surface area contributed by atoms with Gasteiger partial charge in [-0.2, -0.15) is 0 Å². The largest absolute Gasteiger partial charge is 0.493 e. The minimum atomic E-state index is -3.54. The molecule has 0 saturated carbocycles. The Balaban J connectivity index is 1.33. The number of esters is 1. The molecule has 0 unspecified atom stereocenters. The average Bonchev–Trinajstić information content (AvgIpc) is 3.42. The average molecular weight is 743 g/mol. The van der Waals surface area contributed by atoms with Crippen LogP contribution < -0.4 is 14.8 Å². The lowest BCUT2D eigenvalue weighted by Crippen LogP contribution is -2.55. The van der Waals surface area contributed by atoms with Crippen LogP contribution in [-0.4, -0.2) is 81.6 Å². The second-order valence-corrected chi connectivity index (χ2v) is 15.8. The van der Waals surface area contributed by atoms with Crippen LogP contribution >= 0.6 is 11.6 Å². The Bertz CT molecular complexity index is 2010. The molecule has 1 aliphatic rings. The minimum absolute atomic E-state index is 0.0388. The monoisotopic (exact) mass is 742 g/mol. The summed E-state index contributed by atoms with van der Waals surface area (Å²) in [5.41, 5.74) is 5.71. The zero-order valence-corrected chi connectivity index (χ0v) is 31.5. The van der Waals surface area contributed by atoms with Crippen LogP contribution in [0.4, 0.5) is 0 Å². The van der Waals surface area contributed by atoms with Crippen molar-refractivity contribution < 1.29 is 22.7 Å². The molecule has 4 aromatic carbocycles. The second-order valence-electron chi connectivity index (χ2n) is 13.5. The Kier molecular flexibility index (Phi) is 12.3. The summed E-state index contributed by atoms with van der Waals surface area (Å²) in [7, 11) is -2.18. The number of ether oxygens (including phenoxy) is 2. The summed E-state index contributed by atoms with van der Waals surface area (Å²) >= 11 is 6.65. The van der Waals surface area contributed by atoms with Gasteiger partial charge < -0.3 is 19.4 Å². The van der Waals surface area contributed by atoms with Crippen LogP contribution in [0.1, 0.15) is 52.6 Å². The van der Waals surface area contributed by atoms with Gasteiger partial charge in [-0.1, -0.05) is 72.3 Å². The summed E-state index contributed by atoms with van der Waals surface area (Å²) in [6, 6.07) is 34.0. The lowest BCUT2D eigenvalue weighted by Gasteiger charge is -2.36. The van der Waals surface area contributed by atoms with E-state index >= 15 is 0 Å². The van der Waals surface area contributed by atoms with Crippen molar-refractivity contribution in [3.05, 3.63) is 136 Å². The Morgan fingerprint density at radius 1 is 0.904 bits per heavy atom. The number of rotatable bonds is 15. The first kappa shape index (κ1) is 37.6. The summed E-state index contributed by atoms with van der Waals surface area (Å²) in [4.78, 5) is 14.2. The fourth-order valence-corrected chi connectivity index (χ4v) is 8.59. The van der Waals surface area contributed by atoms with E-state index in [1.165, 1.54) is 7.11 Å². The van der Waals surface area contributed by atoms with Crippen molar-refractivity contribution in [2.45, 2.75) is 44.8 Å². The van der Waals surface area contributed by atoms with Gasteiger partial charge in [0.05, 0.1) is 31.1 Å². The Morgan fingerprint density at radius 2 is 1.54 bits per heavy atom. The predicted octanol–water partition coefficient (Wildman–Crippen LogP) is 6.48. The third kappa shape index (κ3) is 9.23. The molecular formula is C41H47ClN4O5S. The SMILES string of the molecule is COC(=O)c1ccc(OCCc2c(CCNS(=O)(=O)CCN3C[C@@H](C)N[C@@H](C)C3)n(C(c3ccccc3)c3ccccc3)c3ccc(Cl)cc23)cc1. The minimum Gasteiger partial charge on any atom is -0.493 e. The van der Waals surface area contributed by atoms with Crippen LogP contribution in [0.15, 0.2) is 103 Å². The highest BCUT2D eigenvalue weighted by atomic mass is 35.5. The number of aromatic nitrogens is 1. The number of carbonyl (C=O) groups is 1. The van der Waals surface area contributed by atoms with Crippen LogP contribution in [-0.2, 0) is 27.6 Å². The summed E-state index contributed by atoms with van der Waals surface area (Å²) in [5, 5.41) is 5.12. The fourth-order valence-electron chi connectivity index (χ4n) is 7.36. The zero-order chi connectivity index (χ0) is 36.7. The van der Waals surface area contributed by atoms with Gasteiger partial charge >= 0.3 is 5.97 Å². The lowest BCUT2D eigenvalue weighted by molar-refractivity contribution is 0.0600. The molecule has 1 aliphatic heterocycles. The number of halogens is 1. The van der Waals surface area contributed by atoms with Crippen LogP contribution in [0.5, 0.6) is 5.75 Å². The first-order valence-electron chi connectivity index (χ1n) is 17.8. The first-order chi connectivity index (χ1) is 25.1. The molecule has 52 heavy (non-hydrogen) atoms. The summed E-state index contributed by atoms with van der Waals surface area (Å²) in [6.07, 6.45) is 0.993. The van der Waals surface area contributed by atoms with Crippen molar-refractivity contribution in [1.29, 1.82) is 0 Å². The van der Waals surface area contributed by atoms with E-state index in [2.05, 4.69) is 63.7 Å². The van der Waals surface area contributed by atoms with Crippen molar-refractivity contribution in [2.24, 2.45) is 0 Å². The standard InChI is InChI=1S/C41H47ClN4O5S/c1-29-27-45(28-30(2)44-29)23-25-52(48,49)43-22-20-39-36(21-24-51-35-17-14-33(15-18-35)41(47)50-3)37-26-34(42)16-19-38(37)46(39)40(31-10-6-4-7-11-31)32-12-8-5-9-13-32/h4-19,26,29-30,40,43-44H,20-25,27-28H2,1-3H3/t29-,30+. The van der Waals surface area contributed by atoms with Crippen LogP contribution in [0.3, 0.4) is 0 Å². The number of fused-ring (bicyclic) bond motifs is 1. The number of benzene rings is 4. The first-order valence-corrected chi connectivity index (χ1v) is 19.8. The van der Waals surface area contributed by atoms with Gasteiger partial charge in [0.2, 0.25) is 10.0 Å². The third-order valence-electron chi connectivity index (χ3n) is 9.56. The second kappa shape index (κ2) is 17.1. The number of nitrogens with zero attached hydrogens (tertiary/aromatic N) is 2. The molecule has 9 nitrogen and oxygen atoms in total. The zero-order valence-electron chi connectivity index (χ0n) is 29.9. The normalized spacial score (nSPS) is 16.7. The van der Waals surface area contributed by atoms with Gasteiger partial charge in [-0.15, -0.1) is 0 Å². The van der Waals surface area contributed by atoms with E-state index in [-0.39, 0.29) is 18.3 Å². The predicted molar refractivity (Wildman–Crippen MR) is 208 cm³/mol. The third-order valence-corrected chi connectivity index (χ3v) is 11.2. The number of piperazine rings is 1. The highest BCUT2D eigenvalue weighted by Gasteiger charge is 2.27. The number of carbonyl (C=O) groups excluding carboxylic acids is 1. The van der Waals surface area contributed by atoms with Crippen molar-refractivity contribution in [2.75, 3.05) is 45.6 Å². The van der Waals surface area contributed by atoms with Crippen LogP contribution in [0.2, 0.25) is 5.02 Å². The van der Waals surface area contributed by atoms with E-state index in [4.69, 9.17) is 21.1 Å². The summed E-state index contributed by atoms with van der Waals surface area (Å²) in [6.45, 7) is 6.97. The molecule has 6 rings (SSSR count). The van der Waals surface area contributed by atoms with Crippen molar-refractivity contribution in [3.63, 3.8) is 0 Å². The van der Waals surface area contributed by atoms with Crippen LogP contribution in [0, 0.1) is 0 Å². The van der Waals surface area contributed by atoms with Crippen molar-refractivity contribution in [1.82, 2.24) is 19.5 Å². The Labute approximate surface area is 311 Å². The molecule has 1 aromatic heterocycles. The molecule has 0 amide bonds. The van der Waals surface area contributed by atoms with Crippen LogP contribution in [0.25, 0.3) is 10.9 Å². The van der Waals surface area contributed by atoms with Crippen molar-refractivity contribution in [3.8, 4) is 5.75 Å². The quantitative estimate of drug-likeness (QED) is 0.118. The Hall–Kier alpha value is -4.19. The fraction of sp³-hybridized carbons (Fsp3) is 0.341. The van der Waals surface area contributed by atoms with Gasteiger partial charge in [-0.05, 0) is 73.0 Å². The summed E-state index contributed by atoms with van der Waals surface area (Å²) < 4.78 is 43.0. The highest BCUT2D eigenvalue weighted by Crippen LogP contribution is 2.37. The maximum atomic E-state index is 13.4. The van der Waals surface area contributed by atoms with E-state index in [0.717, 1.165) is 46.4 Å². The molecule has 2 N–H and O–H groups in total. The molecule has 11 heteroatoms. The molecule has 1 fully saturated rings. The van der Waals surface area contributed by atoms with Gasteiger partial charge in [0.1, 0.15) is 5.75 Å². The number of hydrogen-bond donors (Lipinski definition) is 2. The van der Waals surface area contributed by atoms with Crippen molar-refractivity contribution >= 4 is 38.5 Å². The molecule has 0 aliphatic carbocycles. The van der Waals surface area contributed by atoms with E-state index in [1.807, 2.05) is 48.5 Å². The highest BCUT2D eigenvalue weighted by molar-refractivity contribution is 7.89. The molecule has 1 saturated heterocycles. The lowest BCUT2D eigenvalue weighted by atomic mass is 9.97. The molecule has 2 atom stereocenters. The number of nitrogens with one attached hydrogen (secondary N) is 2. The van der Waals surface area contributed by atoms with Gasteiger partial charge in [0.15, 0.2) is 0 Å². The Morgan fingerprint density at radius 3 is 2.15 bits per heavy atom. The maximum absolute atomic E-state index is 13.4. The van der Waals surface area contributed by atoms with E-state index in [9.17, 15) is 13.2 Å². The van der Waals surface area contributed by atoms with Gasteiger partial charge in [0.25, 0.3) is 0 Å². The number of methoxy groups -OCH3 is 1. The molecule has 2 heterocycles. The maximum Gasteiger partial charge on any atom is 0.337 e. The molecule has 5 aromatic rings. The van der Waals surface area contributed by atoms with Gasteiger partial charge in [-0.25, -0.2) is 17.9 Å². The van der Waals surface area contributed by atoms with E-state index in [1.54, 1.807) is 24.3 Å². The van der Waals surface area contributed by atoms with E-state index in [0.29, 0.717) is 54.4 Å². The smallest absolute Gasteiger partial charge is 0.337 e. The number of hydrogen-bond acceptors (Lipinski definition) is 7. The molecule has 0 bridgehead atoms. The summed E-state index contributed by atoms with van der Waals surface area (Å²) in [5.74, 6) is 0.260. The van der Waals surface area contributed by atoms with E-state index < -0.39 is 16.0 Å². The molecule has 0 spiro atoms. The molecular weight excluding hydrogens is 696 g/mol. The van der Waals surface area contributed by atoms with Gasteiger partial charge in [0, 0.05) is 72.7 Å².